The highest BCUT2D eigenvalue weighted by molar-refractivity contribution is 5.38. The summed E-state index contributed by atoms with van der Waals surface area (Å²) in [5.41, 5.74) is 11.7. The Morgan fingerprint density at radius 1 is 1.00 bits per heavy atom. The number of nitrogens with two attached hydrogens (primary N) is 2. The number of nitrogen functional groups attached to an aromatic ring is 2. The summed E-state index contributed by atoms with van der Waals surface area (Å²) in [6, 6.07) is 9.39. The van der Waals surface area contributed by atoms with Gasteiger partial charge in [0, 0.05) is 0 Å². The van der Waals surface area contributed by atoms with E-state index in [1.807, 2.05) is 30.3 Å². The second kappa shape index (κ2) is 4.62. The summed E-state index contributed by atoms with van der Waals surface area (Å²) in [6.45, 7) is 0.240. The fourth-order valence-corrected chi connectivity index (χ4v) is 1.34. The molecule has 1 aromatic heterocycles. The molecule has 0 saturated heterocycles. The van der Waals surface area contributed by atoms with Gasteiger partial charge in [0.1, 0.15) is 0 Å². The Morgan fingerprint density at radius 2 is 1.59 bits per heavy atom. The first-order valence-corrected chi connectivity index (χ1v) is 4.92. The Kier molecular flexibility index (Phi) is 3.01. The maximum absolute atomic E-state index is 9.79. The minimum absolute atomic E-state index is 0.0267. The van der Waals surface area contributed by atoms with Gasteiger partial charge in [0.2, 0.25) is 11.9 Å². The molecule has 2 aromatic rings. The minimum Gasteiger partial charge on any atom is -0.368 e. The number of benzene rings is 1. The predicted octanol–water partition coefficient (Wildman–Crippen LogP) is 0.432. The SMILES string of the molecule is Nc1nc(N)nc(N(O)Cc2ccccc2)n1. The molecule has 0 spiro atoms. The molecule has 2 rings (SSSR count). The fraction of sp³-hybridized carbons (Fsp3) is 0.100. The van der Waals surface area contributed by atoms with Crippen LogP contribution in [0.3, 0.4) is 0 Å². The van der Waals surface area contributed by atoms with Crippen molar-refractivity contribution in [2.75, 3.05) is 16.5 Å². The molecule has 0 bridgehead atoms. The molecule has 0 radical (unpaired) electrons. The molecule has 0 aliphatic carbocycles. The normalized spacial score (nSPS) is 10.2. The molecule has 0 aliphatic heterocycles. The van der Waals surface area contributed by atoms with E-state index in [1.54, 1.807) is 0 Å². The molecular weight excluding hydrogens is 220 g/mol. The van der Waals surface area contributed by atoms with Crippen LogP contribution < -0.4 is 16.5 Å². The molecule has 0 unspecified atom stereocenters. The highest BCUT2D eigenvalue weighted by atomic mass is 16.5. The van der Waals surface area contributed by atoms with E-state index in [0.717, 1.165) is 10.6 Å². The van der Waals surface area contributed by atoms with E-state index in [9.17, 15) is 5.21 Å². The van der Waals surface area contributed by atoms with Gasteiger partial charge in [0.05, 0.1) is 6.54 Å². The zero-order valence-corrected chi connectivity index (χ0v) is 8.98. The number of hydroxylamine groups is 1. The lowest BCUT2D eigenvalue weighted by molar-refractivity contribution is 0.243. The summed E-state index contributed by atoms with van der Waals surface area (Å²) in [5, 5.41) is 10.7. The molecule has 1 heterocycles. The van der Waals surface area contributed by atoms with Gasteiger partial charge in [0.25, 0.3) is 5.95 Å². The van der Waals surface area contributed by atoms with Gasteiger partial charge < -0.3 is 11.5 Å². The Labute approximate surface area is 97.7 Å². The smallest absolute Gasteiger partial charge is 0.256 e. The fourth-order valence-electron chi connectivity index (χ4n) is 1.34. The molecule has 1 aromatic carbocycles. The first-order valence-electron chi connectivity index (χ1n) is 4.92. The third-order valence-corrected chi connectivity index (χ3v) is 2.06. The predicted molar refractivity (Wildman–Crippen MR) is 63.1 cm³/mol. The number of hydrogen-bond acceptors (Lipinski definition) is 7. The van der Waals surface area contributed by atoms with E-state index >= 15 is 0 Å². The van der Waals surface area contributed by atoms with Gasteiger partial charge in [0.15, 0.2) is 0 Å². The summed E-state index contributed by atoms with van der Waals surface area (Å²) in [7, 11) is 0. The van der Waals surface area contributed by atoms with Crippen LogP contribution >= 0.6 is 0 Å². The molecule has 0 saturated carbocycles. The highest BCUT2D eigenvalue weighted by Crippen LogP contribution is 2.11. The number of rotatable bonds is 3. The third-order valence-electron chi connectivity index (χ3n) is 2.06. The molecule has 0 fully saturated rings. The lowest BCUT2D eigenvalue weighted by Gasteiger charge is -2.14. The zero-order chi connectivity index (χ0) is 12.3. The molecule has 0 atom stereocenters. The lowest BCUT2D eigenvalue weighted by Crippen LogP contribution is -2.21. The topological polar surface area (TPSA) is 114 Å². The zero-order valence-electron chi connectivity index (χ0n) is 8.98. The molecule has 0 amide bonds. The van der Waals surface area contributed by atoms with Gasteiger partial charge in [-0.25, -0.2) is 5.06 Å². The summed E-state index contributed by atoms with van der Waals surface area (Å²) in [5.74, 6) is -0.0296. The minimum atomic E-state index is -0.0281. The first-order chi connectivity index (χ1) is 8.15. The van der Waals surface area contributed by atoms with Crippen molar-refractivity contribution in [3.63, 3.8) is 0 Å². The van der Waals surface area contributed by atoms with Crippen molar-refractivity contribution in [2.24, 2.45) is 0 Å². The van der Waals surface area contributed by atoms with Crippen LogP contribution in [0, 0.1) is 0 Å². The molecule has 88 valence electrons. The second-order valence-electron chi connectivity index (χ2n) is 3.40. The maximum atomic E-state index is 9.79. The standard InChI is InChI=1S/C10H12N6O/c11-8-13-9(12)15-10(14-8)16(17)6-7-4-2-1-3-5-7/h1-5,17H,6H2,(H4,11,12,13,14,15). The summed E-state index contributed by atoms with van der Waals surface area (Å²) < 4.78 is 0. The van der Waals surface area contributed by atoms with Gasteiger partial charge >= 0.3 is 0 Å². The van der Waals surface area contributed by atoms with Crippen molar-refractivity contribution >= 4 is 17.8 Å². The lowest BCUT2D eigenvalue weighted by atomic mass is 10.2. The summed E-state index contributed by atoms with van der Waals surface area (Å²) >= 11 is 0. The Bertz CT molecular complexity index is 483. The average molecular weight is 232 g/mol. The molecule has 17 heavy (non-hydrogen) atoms. The molecule has 5 N–H and O–H groups in total. The van der Waals surface area contributed by atoms with Crippen molar-refractivity contribution in [1.82, 2.24) is 15.0 Å². The van der Waals surface area contributed by atoms with Gasteiger partial charge in [-0.15, -0.1) is 0 Å². The van der Waals surface area contributed by atoms with Gasteiger partial charge in [-0.1, -0.05) is 30.3 Å². The van der Waals surface area contributed by atoms with Crippen LogP contribution in [0.2, 0.25) is 0 Å². The number of aromatic nitrogens is 3. The van der Waals surface area contributed by atoms with Crippen LogP contribution in [0.4, 0.5) is 17.8 Å². The largest absolute Gasteiger partial charge is 0.368 e. The van der Waals surface area contributed by atoms with Gasteiger partial charge in [-0.3, -0.25) is 5.21 Å². The van der Waals surface area contributed by atoms with Crippen LogP contribution in [-0.4, -0.2) is 20.2 Å². The third kappa shape index (κ3) is 2.79. The molecule has 0 aliphatic rings. The molecule has 7 nitrogen and oxygen atoms in total. The van der Waals surface area contributed by atoms with E-state index in [0.29, 0.717) is 0 Å². The molecular formula is C10H12N6O. The second-order valence-corrected chi connectivity index (χ2v) is 3.40. The van der Waals surface area contributed by atoms with Crippen molar-refractivity contribution in [1.29, 1.82) is 0 Å². The van der Waals surface area contributed by atoms with E-state index in [-0.39, 0.29) is 24.4 Å². The Balaban J connectivity index is 2.17. The van der Waals surface area contributed by atoms with Crippen LogP contribution in [0.5, 0.6) is 0 Å². The van der Waals surface area contributed by atoms with Crippen LogP contribution in [0.15, 0.2) is 30.3 Å². The highest BCUT2D eigenvalue weighted by Gasteiger charge is 2.09. The number of hydrogen-bond donors (Lipinski definition) is 3. The average Bonchev–Trinajstić information content (AvgIpc) is 2.29. The van der Waals surface area contributed by atoms with E-state index in [4.69, 9.17) is 11.5 Å². The van der Waals surface area contributed by atoms with Crippen molar-refractivity contribution < 1.29 is 5.21 Å². The van der Waals surface area contributed by atoms with Gasteiger partial charge in [-0.2, -0.15) is 15.0 Å². The van der Waals surface area contributed by atoms with Crippen molar-refractivity contribution in [3.05, 3.63) is 35.9 Å². The van der Waals surface area contributed by atoms with Gasteiger partial charge in [-0.05, 0) is 5.56 Å². The number of anilines is 3. The van der Waals surface area contributed by atoms with Crippen LogP contribution in [0.25, 0.3) is 0 Å². The number of nitrogens with zero attached hydrogens (tertiary/aromatic N) is 4. The Morgan fingerprint density at radius 3 is 2.18 bits per heavy atom. The maximum Gasteiger partial charge on any atom is 0.256 e. The Hall–Kier alpha value is -2.41. The van der Waals surface area contributed by atoms with E-state index in [1.165, 1.54) is 0 Å². The summed E-state index contributed by atoms with van der Waals surface area (Å²) in [4.78, 5) is 11.2. The van der Waals surface area contributed by atoms with E-state index in [2.05, 4.69) is 15.0 Å². The molecule has 7 heteroatoms. The van der Waals surface area contributed by atoms with Crippen molar-refractivity contribution in [3.8, 4) is 0 Å². The van der Waals surface area contributed by atoms with Crippen LogP contribution in [0.1, 0.15) is 5.56 Å². The van der Waals surface area contributed by atoms with Crippen molar-refractivity contribution in [2.45, 2.75) is 6.54 Å². The first kappa shape index (κ1) is 11.1. The van der Waals surface area contributed by atoms with E-state index < -0.39 is 0 Å². The van der Waals surface area contributed by atoms with Crippen LogP contribution in [-0.2, 0) is 6.54 Å². The summed E-state index contributed by atoms with van der Waals surface area (Å²) in [6.07, 6.45) is 0. The monoisotopic (exact) mass is 232 g/mol. The quantitative estimate of drug-likeness (QED) is 0.657.